The molecule has 1 amide bonds. The van der Waals surface area contributed by atoms with Crippen LogP contribution in [0.4, 0.5) is 0 Å². The van der Waals surface area contributed by atoms with Crippen molar-refractivity contribution in [1.82, 2.24) is 9.88 Å². The number of aromatic nitrogens is 1. The average molecular weight is 246 g/mol. The molecule has 2 saturated heterocycles. The number of fused-ring (bicyclic) bond motifs is 2. The van der Waals surface area contributed by atoms with E-state index in [9.17, 15) is 4.79 Å². The van der Waals surface area contributed by atoms with E-state index >= 15 is 0 Å². The normalized spacial score (nSPS) is 29.6. The molecule has 3 rings (SSSR count). The predicted octanol–water partition coefficient (Wildman–Crippen LogP) is 1.78. The van der Waals surface area contributed by atoms with Crippen molar-refractivity contribution in [2.45, 2.75) is 38.3 Å². The standard InChI is InChI=1S/C14H18N2O2/c1-10-2-5-14(15-7-10)18-8-11-6-12-3-4-13(11)16(12)9-17/h2,5,7,9,11-13H,3-4,6,8H2,1H3. The highest BCUT2D eigenvalue weighted by Crippen LogP contribution is 2.40. The molecule has 0 N–H and O–H groups in total. The van der Waals surface area contributed by atoms with Crippen molar-refractivity contribution in [3.8, 4) is 5.88 Å². The summed E-state index contributed by atoms with van der Waals surface area (Å²) < 4.78 is 5.74. The number of pyridine rings is 1. The van der Waals surface area contributed by atoms with Gasteiger partial charge >= 0.3 is 0 Å². The van der Waals surface area contributed by atoms with Crippen molar-refractivity contribution >= 4 is 6.41 Å². The fourth-order valence-electron chi connectivity index (χ4n) is 3.23. The first kappa shape index (κ1) is 11.5. The van der Waals surface area contributed by atoms with Gasteiger partial charge in [0.2, 0.25) is 12.3 Å². The Hall–Kier alpha value is -1.58. The third-order valence-corrected chi connectivity index (χ3v) is 4.17. The van der Waals surface area contributed by atoms with Gasteiger partial charge in [0.05, 0.1) is 6.61 Å². The lowest BCUT2D eigenvalue weighted by atomic mass is 9.90. The number of aryl methyl sites for hydroxylation is 1. The molecule has 0 aromatic carbocycles. The van der Waals surface area contributed by atoms with Crippen molar-refractivity contribution in [3.05, 3.63) is 23.9 Å². The summed E-state index contributed by atoms with van der Waals surface area (Å²) in [5.41, 5.74) is 1.13. The van der Waals surface area contributed by atoms with Gasteiger partial charge < -0.3 is 9.64 Å². The molecule has 3 atom stereocenters. The maximum absolute atomic E-state index is 11.0. The Balaban J connectivity index is 1.58. The lowest BCUT2D eigenvalue weighted by Crippen LogP contribution is -2.30. The molecule has 96 valence electrons. The maximum Gasteiger partial charge on any atom is 0.213 e. The van der Waals surface area contributed by atoms with Gasteiger partial charge in [-0.05, 0) is 31.7 Å². The van der Waals surface area contributed by atoms with Crippen LogP contribution in [-0.2, 0) is 4.79 Å². The van der Waals surface area contributed by atoms with Gasteiger partial charge in [0.25, 0.3) is 0 Å². The molecule has 0 aliphatic carbocycles. The van der Waals surface area contributed by atoms with E-state index < -0.39 is 0 Å². The quantitative estimate of drug-likeness (QED) is 0.760. The monoisotopic (exact) mass is 246 g/mol. The summed E-state index contributed by atoms with van der Waals surface area (Å²) >= 11 is 0. The molecule has 0 radical (unpaired) electrons. The number of rotatable bonds is 4. The second-order valence-corrected chi connectivity index (χ2v) is 5.33. The largest absolute Gasteiger partial charge is 0.477 e. The molecular weight excluding hydrogens is 228 g/mol. The molecular formula is C14H18N2O2. The Morgan fingerprint density at radius 1 is 1.50 bits per heavy atom. The van der Waals surface area contributed by atoms with Crippen molar-refractivity contribution in [2.24, 2.45) is 5.92 Å². The Bertz CT molecular complexity index is 432. The summed E-state index contributed by atoms with van der Waals surface area (Å²) in [6, 6.07) is 4.74. The molecule has 0 spiro atoms. The molecule has 2 bridgehead atoms. The number of carbonyl (C=O) groups excluding carboxylic acids is 1. The van der Waals surface area contributed by atoms with Crippen LogP contribution in [0, 0.1) is 12.8 Å². The first-order valence-electron chi connectivity index (χ1n) is 6.56. The third-order valence-electron chi connectivity index (χ3n) is 4.17. The zero-order valence-corrected chi connectivity index (χ0v) is 10.6. The van der Waals surface area contributed by atoms with Crippen molar-refractivity contribution in [3.63, 3.8) is 0 Å². The Morgan fingerprint density at radius 2 is 2.39 bits per heavy atom. The van der Waals surface area contributed by atoms with Crippen LogP contribution in [0.2, 0.25) is 0 Å². The highest BCUT2D eigenvalue weighted by atomic mass is 16.5. The number of carbonyl (C=O) groups is 1. The minimum Gasteiger partial charge on any atom is -0.477 e. The Kier molecular flexibility index (Phi) is 2.94. The van der Waals surface area contributed by atoms with Gasteiger partial charge in [-0.25, -0.2) is 4.98 Å². The van der Waals surface area contributed by atoms with Crippen LogP contribution < -0.4 is 4.74 Å². The summed E-state index contributed by atoms with van der Waals surface area (Å²) in [4.78, 5) is 17.2. The lowest BCUT2D eigenvalue weighted by molar-refractivity contribution is -0.119. The van der Waals surface area contributed by atoms with E-state index in [0.717, 1.165) is 31.2 Å². The summed E-state index contributed by atoms with van der Waals surface area (Å²) in [7, 11) is 0. The van der Waals surface area contributed by atoms with Crippen LogP contribution >= 0.6 is 0 Å². The van der Waals surface area contributed by atoms with Crippen molar-refractivity contribution in [1.29, 1.82) is 0 Å². The van der Waals surface area contributed by atoms with E-state index in [1.807, 2.05) is 30.2 Å². The van der Waals surface area contributed by atoms with E-state index in [1.165, 1.54) is 0 Å². The molecule has 1 aromatic heterocycles. The molecule has 2 aliphatic rings. The van der Waals surface area contributed by atoms with Crippen LogP contribution in [0.15, 0.2) is 18.3 Å². The maximum atomic E-state index is 11.0. The molecule has 18 heavy (non-hydrogen) atoms. The predicted molar refractivity (Wildman–Crippen MR) is 67.3 cm³/mol. The van der Waals surface area contributed by atoms with Crippen LogP contribution in [0.5, 0.6) is 5.88 Å². The van der Waals surface area contributed by atoms with Gasteiger partial charge in [0.1, 0.15) is 0 Å². The van der Waals surface area contributed by atoms with Gasteiger partial charge in [0, 0.05) is 30.3 Å². The molecule has 1 aromatic rings. The van der Waals surface area contributed by atoms with Crippen molar-refractivity contribution < 1.29 is 9.53 Å². The summed E-state index contributed by atoms with van der Waals surface area (Å²) in [6.45, 7) is 2.68. The molecule has 2 fully saturated rings. The molecule has 3 unspecified atom stereocenters. The zero-order chi connectivity index (χ0) is 12.5. The SMILES string of the molecule is Cc1ccc(OCC2CC3CCC2N3C=O)nc1. The zero-order valence-electron chi connectivity index (χ0n) is 10.6. The average Bonchev–Trinajstić information content (AvgIpc) is 2.94. The summed E-state index contributed by atoms with van der Waals surface area (Å²) in [5.74, 6) is 1.15. The summed E-state index contributed by atoms with van der Waals surface area (Å²) in [5, 5.41) is 0. The first-order valence-corrected chi connectivity index (χ1v) is 6.56. The number of hydrogen-bond acceptors (Lipinski definition) is 3. The number of ether oxygens (including phenoxy) is 1. The minimum atomic E-state index is 0.387. The van der Waals surface area contributed by atoms with E-state index in [4.69, 9.17) is 4.74 Å². The second-order valence-electron chi connectivity index (χ2n) is 5.33. The van der Waals surface area contributed by atoms with Gasteiger partial charge in [-0.3, -0.25) is 4.79 Å². The molecule has 3 heterocycles. The number of hydrogen-bond donors (Lipinski definition) is 0. The molecule has 4 nitrogen and oxygen atoms in total. The van der Waals surface area contributed by atoms with Gasteiger partial charge in [-0.15, -0.1) is 0 Å². The lowest BCUT2D eigenvalue weighted by Gasteiger charge is -2.21. The first-order chi connectivity index (χ1) is 8.78. The van der Waals surface area contributed by atoms with Crippen molar-refractivity contribution in [2.75, 3.05) is 6.61 Å². The van der Waals surface area contributed by atoms with Gasteiger partial charge in [-0.2, -0.15) is 0 Å². The van der Waals surface area contributed by atoms with Gasteiger partial charge in [-0.1, -0.05) is 6.07 Å². The topological polar surface area (TPSA) is 42.4 Å². The van der Waals surface area contributed by atoms with Crippen LogP contribution in [0.1, 0.15) is 24.8 Å². The van der Waals surface area contributed by atoms with Crippen LogP contribution in [0.25, 0.3) is 0 Å². The van der Waals surface area contributed by atoms with E-state index in [1.54, 1.807) is 0 Å². The Morgan fingerprint density at radius 3 is 3.06 bits per heavy atom. The summed E-state index contributed by atoms with van der Waals surface area (Å²) in [6.07, 6.45) is 6.18. The second kappa shape index (κ2) is 4.59. The number of nitrogens with zero attached hydrogens (tertiary/aromatic N) is 2. The smallest absolute Gasteiger partial charge is 0.213 e. The van der Waals surface area contributed by atoms with E-state index in [2.05, 4.69) is 4.98 Å². The number of amides is 1. The third kappa shape index (κ3) is 1.96. The van der Waals surface area contributed by atoms with E-state index in [-0.39, 0.29) is 0 Å². The minimum absolute atomic E-state index is 0.387. The fraction of sp³-hybridized carbons (Fsp3) is 0.571. The highest BCUT2D eigenvalue weighted by Gasteiger charge is 2.45. The fourth-order valence-corrected chi connectivity index (χ4v) is 3.23. The van der Waals surface area contributed by atoms with E-state index in [0.29, 0.717) is 30.5 Å². The van der Waals surface area contributed by atoms with Gasteiger partial charge in [0.15, 0.2) is 0 Å². The molecule has 4 heteroatoms. The van der Waals surface area contributed by atoms with Crippen LogP contribution in [0.3, 0.4) is 0 Å². The Labute approximate surface area is 107 Å². The molecule has 2 aliphatic heterocycles. The highest BCUT2D eigenvalue weighted by molar-refractivity contribution is 5.50. The molecule has 0 saturated carbocycles. The van der Waals surface area contributed by atoms with Crippen LogP contribution in [-0.4, -0.2) is 35.0 Å².